The molecule has 84 valence electrons. The molecule has 0 bridgehead atoms. The molecule has 0 aliphatic heterocycles. The van der Waals surface area contributed by atoms with E-state index in [1.54, 1.807) is 0 Å². The van der Waals surface area contributed by atoms with Gasteiger partial charge in [0.25, 0.3) is 0 Å². The number of anilines is 1. The van der Waals surface area contributed by atoms with Crippen molar-refractivity contribution in [1.29, 1.82) is 0 Å². The average molecular weight is 207 g/mol. The van der Waals surface area contributed by atoms with E-state index in [0.29, 0.717) is 0 Å². The Morgan fingerprint density at radius 3 is 2.67 bits per heavy atom. The summed E-state index contributed by atoms with van der Waals surface area (Å²) in [6, 6.07) is 7.60. The normalized spacial score (nSPS) is 10.2. The Hall–Kier alpha value is -1.18. The van der Waals surface area contributed by atoms with Crippen LogP contribution in [0.15, 0.2) is 24.3 Å². The molecule has 2 nitrogen and oxygen atoms in total. The number of nitrogens with two attached hydrogens (primary N) is 1. The first kappa shape index (κ1) is 11.9. The van der Waals surface area contributed by atoms with Gasteiger partial charge in [0.2, 0.25) is 0 Å². The van der Waals surface area contributed by atoms with Crippen LogP contribution in [0.25, 0.3) is 0 Å². The Morgan fingerprint density at radius 1 is 1.13 bits per heavy atom. The quantitative estimate of drug-likeness (QED) is 0.547. The minimum Gasteiger partial charge on any atom is -0.494 e. The summed E-state index contributed by atoms with van der Waals surface area (Å²) in [4.78, 5) is 0. The molecule has 0 atom stereocenters. The molecule has 0 radical (unpaired) electrons. The van der Waals surface area contributed by atoms with Crippen LogP contribution in [0.2, 0.25) is 0 Å². The molecule has 0 amide bonds. The summed E-state index contributed by atoms with van der Waals surface area (Å²) in [5.74, 6) is 0.880. The van der Waals surface area contributed by atoms with Crippen LogP contribution in [0.1, 0.15) is 39.0 Å². The summed E-state index contributed by atoms with van der Waals surface area (Å²) < 4.78 is 5.59. The third-order valence-electron chi connectivity index (χ3n) is 2.37. The molecule has 1 rings (SSSR count). The highest BCUT2D eigenvalue weighted by atomic mass is 16.5. The largest absolute Gasteiger partial charge is 0.494 e. The lowest BCUT2D eigenvalue weighted by molar-refractivity contribution is 0.305. The van der Waals surface area contributed by atoms with Crippen molar-refractivity contribution < 1.29 is 4.74 Å². The van der Waals surface area contributed by atoms with Crippen LogP contribution in [-0.4, -0.2) is 6.61 Å². The van der Waals surface area contributed by atoms with Crippen molar-refractivity contribution in [2.45, 2.75) is 39.0 Å². The Bertz CT molecular complexity index is 273. The van der Waals surface area contributed by atoms with Crippen molar-refractivity contribution in [3.05, 3.63) is 24.3 Å². The van der Waals surface area contributed by atoms with Gasteiger partial charge < -0.3 is 10.5 Å². The molecular formula is C13H21NO. The zero-order valence-corrected chi connectivity index (χ0v) is 9.54. The maximum absolute atomic E-state index is 5.65. The van der Waals surface area contributed by atoms with Crippen molar-refractivity contribution in [1.82, 2.24) is 0 Å². The molecule has 2 N–H and O–H groups in total. The van der Waals surface area contributed by atoms with Crippen molar-refractivity contribution in [2.24, 2.45) is 0 Å². The van der Waals surface area contributed by atoms with Crippen molar-refractivity contribution in [2.75, 3.05) is 12.3 Å². The summed E-state index contributed by atoms with van der Waals surface area (Å²) in [6.45, 7) is 3.02. The molecule has 2 heteroatoms. The van der Waals surface area contributed by atoms with Gasteiger partial charge in [0, 0.05) is 11.8 Å². The summed E-state index contributed by atoms with van der Waals surface area (Å²) in [6.07, 6.45) is 6.33. The first-order valence-electron chi connectivity index (χ1n) is 5.81. The van der Waals surface area contributed by atoms with Crippen molar-refractivity contribution >= 4 is 5.69 Å². The maximum atomic E-state index is 5.65. The molecule has 1 aromatic rings. The number of rotatable bonds is 7. The molecule has 0 aromatic heterocycles. The number of hydrogen-bond donors (Lipinski definition) is 1. The Labute approximate surface area is 92.4 Å². The lowest BCUT2D eigenvalue weighted by atomic mass is 10.2. The van der Waals surface area contributed by atoms with Crippen molar-refractivity contribution in [3.63, 3.8) is 0 Å². The van der Waals surface area contributed by atoms with Gasteiger partial charge in [-0.25, -0.2) is 0 Å². The minimum atomic E-state index is 0.762. The molecule has 0 fully saturated rings. The van der Waals surface area contributed by atoms with E-state index in [2.05, 4.69) is 6.92 Å². The molecular weight excluding hydrogens is 186 g/mol. The van der Waals surface area contributed by atoms with Gasteiger partial charge in [-0.3, -0.25) is 0 Å². The number of nitrogen functional groups attached to an aromatic ring is 1. The van der Waals surface area contributed by atoms with Gasteiger partial charge in [-0.1, -0.05) is 38.7 Å². The highest BCUT2D eigenvalue weighted by Crippen LogP contribution is 2.15. The smallest absolute Gasteiger partial charge is 0.121 e. The summed E-state index contributed by atoms with van der Waals surface area (Å²) in [5.41, 5.74) is 6.41. The fourth-order valence-corrected chi connectivity index (χ4v) is 1.50. The van der Waals surface area contributed by atoms with Crippen LogP contribution in [0, 0.1) is 0 Å². The third kappa shape index (κ3) is 5.31. The Kier molecular flexibility index (Phi) is 5.67. The number of unbranched alkanes of at least 4 members (excludes halogenated alkanes) is 4. The topological polar surface area (TPSA) is 35.2 Å². The maximum Gasteiger partial charge on any atom is 0.121 e. The summed E-state index contributed by atoms with van der Waals surface area (Å²) in [7, 11) is 0. The SMILES string of the molecule is CCCCCCCOc1cccc(N)c1. The van der Waals surface area contributed by atoms with Gasteiger partial charge in [-0.2, -0.15) is 0 Å². The predicted molar refractivity (Wildman–Crippen MR) is 65.1 cm³/mol. The lowest BCUT2D eigenvalue weighted by Crippen LogP contribution is -1.97. The van der Waals surface area contributed by atoms with Gasteiger partial charge in [-0.05, 0) is 18.6 Å². The van der Waals surface area contributed by atoms with Gasteiger partial charge in [0.05, 0.1) is 6.61 Å². The standard InChI is InChI=1S/C13H21NO/c1-2-3-4-5-6-10-15-13-9-7-8-12(14)11-13/h7-9,11H,2-6,10,14H2,1H3. The molecule has 0 aliphatic rings. The second-order valence-corrected chi connectivity index (χ2v) is 3.84. The first-order valence-corrected chi connectivity index (χ1v) is 5.81. The lowest BCUT2D eigenvalue weighted by Gasteiger charge is -2.06. The highest BCUT2D eigenvalue weighted by molar-refractivity contribution is 5.43. The first-order chi connectivity index (χ1) is 7.33. The van der Waals surface area contributed by atoms with E-state index in [-0.39, 0.29) is 0 Å². The van der Waals surface area contributed by atoms with E-state index < -0.39 is 0 Å². The highest BCUT2D eigenvalue weighted by Gasteiger charge is 1.94. The molecule has 15 heavy (non-hydrogen) atoms. The molecule has 0 aliphatic carbocycles. The zero-order valence-electron chi connectivity index (χ0n) is 9.54. The zero-order chi connectivity index (χ0) is 10.9. The second kappa shape index (κ2) is 7.16. The molecule has 0 spiro atoms. The van der Waals surface area contributed by atoms with Crippen molar-refractivity contribution in [3.8, 4) is 5.75 Å². The number of hydrogen-bond acceptors (Lipinski definition) is 2. The van der Waals surface area contributed by atoms with Crippen LogP contribution >= 0.6 is 0 Å². The molecule has 0 heterocycles. The molecule has 0 unspecified atom stereocenters. The molecule has 1 aromatic carbocycles. The van der Waals surface area contributed by atoms with E-state index in [4.69, 9.17) is 10.5 Å². The number of ether oxygens (including phenoxy) is 1. The monoisotopic (exact) mass is 207 g/mol. The fraction of sp³-hybridized carbons (Fsp3) is 0.538. The van der Waals surface area contributed by atoms with Gasteiger partial charge in [-0.15, -0.1) is 0 Å². The van der Waals surface area contributed by atoms with Crippen LogP contribution in [0.4, 0.5) is 5.69 Å². The summed E-state index contributed by atoms with van der Waals surface area (Å²) in [5, 5.41) is 0. The van der Waals surface area contributed by atoms with E-state index in [9.17, 15) is 0 Å². The minimum absolute atomic E-state index is 0.762. The van der Waals surface area contributed by atoms with Gasteiger partial charge in [0.1, 0.15) is 5.75 Å². The summed E-state index contributed by atoms with van der Waals surface area (Å²) >= 11 is 0. The predicted octanol–water partition coefficient (Wildman–Crippen LogP) is 3.62. The number of benzene rings is 1. The second-order valence-electron chi connectivity index (χ2n) is 3.84. The average Bonchev–Trinajstić information content (AvgIpc) is 2.23. The van der Waals surface area contributed by atoms with E-state index in [0.717, 1.165) is 24.5 Å². The van der Waals surface area contributed by atoms with E-state index >= 15 is 0 Å². The fourth-order valence-electron chi connectivity index (χ4n) is 1.50. The van der Waals surface area contributed by atoms with Gasteiger partial charge >= 0.3 is 0 Å². The van der Waals surface area contributed by atoms with Crippen LogP contribution < -0.4 is 10.5 Å². The Balaban J connectivity index is 2.10. The molecule has 0 saturated heterocycles. The van der Waals surface area contributed by atoms with Crippen LogP contribution in [-0.2, 0) is 0 Å². The Morgan fingerprint density at radius 2 is 1.93 bits per heavy atom. The van der Waals surface area contributed by atoms with Crippen LogP contribution in [0.5, 0.6) is 5.75 Å². The third-order valence-corrected chi connectivity index (χ3v) is 2.37. The van der Waals surface area contributed by atoms with Gasteiger partial charge in [0.15, 0.2) is 0 Å². The van der Waals surface area contributed by atoms with Crippen LogP contribution in [0.3, 0.4) is 0 Å². The molecule has 0 saturated carbocycles. The van der Waals surface area contributed by atoms with E-state index in [1.807, 2.05) is 24.3 Å². The van der Waals surface area contributed by atoms with E-state index in [1.165, 1.54) is 25.7 Å².